The number of hydrogen-bond acceptors (Lipinski definition) is 4. The summed E-state index contributed by atoms with van der Waals surface area (Å²) >= 11 is 1.63. The zero-order valence-electron chi connectivity index (χ0n) is 14.3. The van der Waals surface area contributed by atoms with Gasteiger partial charge in [-0.3, -0.25) is 4.79 Å². The van der Waals surface area contributed by atoms with Crippen LogP contribution in [0.1, 0.15) is 22.0 Å². The number of nitrogens with zero attached hydrogens (tertiary/aromatic N) is 3. The van der Waals surface area contributed by atoms with Crippen LogP contribution in [0.25, 0.3) is 11.3 Å². The third-order valence-corrected chi connectivity index (χ3v) is 4.81. The summed E-state index contributed by atoms with van der Waals surface area (Å²) in [4.78, 5) is 21.2. The van der Waals surface area contributed by atoms with Crippen LogP contribution < -0.4 is 5.32 Å². The lowest BCUT2D eigenvalue weighted by Gasteiger charge is -2.11. The van der Waals surface area contributed by atoms with Gasteiger partial charge in [0.05, 0.1) is 10.7 Å². The molecule has 1 N–H and O–H groups in total. The number of carbonyl (C=O) groups is 1. The lowest BCUT2D eigenvalue weighted by atomic mass is 10.2. The molecule has 1 amide bonds. The van der Waals surface area contributed by atoms with Gasteiger partial charge in [-0.25, -0.2) is 9.97 Å². The molecule has 0 saturated heterocycles. The smallest absolute Gasteiger partial charge is 0.245 e. The average Bonchev–Trinajstić information content (AvgIpc) is 3.08. The van der Waals surface area contributed by atoms with Gasteiger partial charge in [0.1, 0.15) is 12.4 Å². The van der Waals surface area contributed by atoms with Gasteiger partial charge in [-0.05, 0) is 45.4 Å². The first-order valence-electron chi connectivity index (χ1n) is 7.76. The van der Waals surface area contributed by atoms with Crippen molar-refractivity contribution < 1.29 is 4.79 Å². The normalized spacial score (nSPS) is 10.8. The molecule has 0 fully saturated rings. The van der Waals surface area contributed by atoms with Crippen LogP contribution in [0, 0.1) is 27.7 Å². The van der Waals surface area contributed by atoms with Crippen LogP contribution >= 0.6 is 11.3 Å². The molecule has 124 valence electrons. The van der Waals surface area contributed by atoms with E-state index in [2.05, 4.69) is 26.7 Å². The maximum atomic E-state index is 12.4. The summed E-state index contributed by atoms with van der Waals surface area (Å²) < 4.78 is 2.01. The highest BCUT2D eigenvalue weighted by molar-refractivity contribution is 7.09. The van der Waals surface area contributed by atoms with E-state index in [0.29, 0.717) is 5.82 Å². The summed E-state index contributed by atoms with van der Waals surface area (Å²) in [5.41, 5.74) is 5.09. The highest BCUT2D eigenvalue weighted by Crippen LogP contribution is 2.28. The average molecular weight is 340 g/mol. The van der Waals surface area contributed by atoms with Crippen LogP contribution in [0.5, 0.6) is 0 Å². The van der Waals surface area contributed by atoms with E-state index in [1.807, 2.05) is 44.4 Å². The lowest BCUT2D eigenvalue weighted by Crippen LogP contribution is -2.21. The highest BCUT2D eigenvalue weighted by Gasteiger charge is 2.15. The number of carbonyl (C=O) groups excluding carboxylic acids is 1. The number of nitrogens with one attached hydrogen (secondary N) is 1. The third-order valence-electron chi connectivity index (χ3n) is 4.04. The molecule has 24 heavy (non-hydrogen) atoms. The van der Waals surface area contributed by atoms with Crippen molar-refractivity contribution >= 4 is 23.1 Å². The Bertz CT molecular complexity index is 894. The van der Waals surface area contributed by atoms with Crippen molar-refractivity contribution in [1.29, 1.82) is 0 Å². The van der Waals surface area contributed by atoms with Gasteiger partial charge in [-0.2, -0.15) is 0 Å². The van der Waals surface area contributed by atoms with Crippen molar-refractivity contribution in [3.8, 4) is 11.3 Å². The minimum atomic E-state index is -0.0837. The Hall–Kier alpha value is -2.47. The second kappa shape index (κ2) is 6.57. The summed E-state index contributed by atoms with van der Waals surface area (Å²) in [6.45, 7) is 8.22. The maximum Gasteiger partial charge on any atom is 0.245 e. The Morgan fingerprint density at radius 2 is 2.08 bits per heavy atom. The van der Waals surface area contributed by atoms with Gasteiger partial charge in [0.2, 0.25) is 5.91 Å². The number of amides is 1. The van der Waals surface area contributed by atoms with Gasteiger partial charge in [0.25, 0.3) is 0 Å². The highest BCUT2D eigenvalue weighted by atomic mass is 32.1. The summed E-state index contributed by atoms with van der Waals surface area (Å²) in [6.07, 6.45) is 1.68. The van der Waals surface area contributed by atoms with Gasteiger partial charge >= 0.3 is 0 Å². The van der Waals surface area contributed by atoms with Crippen molar-refractivity contribution in [2.45, 2.75) is 34.2 Å². The van der Waals surface area contributed by atoms with Crippen LogP contribution in [0.4, 0.5) is 5.82 Å². The molecular formula is C18H20N4OS. The van der Waals surface area contributed by atoms with Gasteiger partial charge in [-0.1, -0.05) is 6.07 Å². The molecule has 3 rings (SSSR count). The molecule has 0 saturated carbocycles. The fraction of sp³-hybridized carbons (Fsp3) is 0.278. The van der Waals surface area contributed by atoms with Gasteiger partial charge in [0.15, 0.2) is 0 Å². The zero-order chi connectivity index (χ0) is 17.3. The van der Waals surface area contributed by atoms with E-state index in [0.717, 1.165) is 33.2 Å². The molecule has 0 aromatic carbocycles. The molecular weight excluding hydrogens is 320 g/mol. The van der Waals surface area contributed by atoms with E-state index in [1.165, 1.54) is 0 Å². The first-order valence-corrected chi connectivity index (χ1v) is 8.64. The molecule has 0 radical (unpaired) electrons. The Kier molecular flexibility index (Phi) is 4.49. The molecule has 0 unspecified atom stereocenters. The third kappa shape index (κ3) is 3.23. The molecule has 3 aromatic heterocycles. The number of pyridine rings is 1. The molecule has 5 nitrogen and oxygen atoms in total. The van der Waals surface area contributed by atoms with Gasteiger partial charge < -0.3 is 9.88 Å². The predicted octanol–water partition coefficient (Wildman–Crippen LogP) is 3.88. The molecule has 0 atom stereocenters. The Morgan fingerprint density at radius 1 is 1.29 bits per heavy atom. The molecule has 0 aliphatic rings. The molecule has 3 aromatic rings. The fourth-order valence-corrected chi connectivity index (χ4v) is 3.34. The molecule has 3 heterocycles. The van der Waals surface area contributed by atoms with E-state index in [1.54, 1.807) is 17.5 Å². The van der Waals surface area contributed by atoms with Crippen LogP contribution in [0.15, 0.2) is 29.8 Å². The lowest BCUT2D eigenvalue weighted by molar-refractivity contribution is -0.116. The van der Waals surface area contributed by atoms with Gasteiger partial charge in [0, 0.05) is 28.5 Å². The van der Waals surface area contributed by atoms with Crippen LogP contribution in [-0.4, -0.2) is 20.4 Å². The van der Waals surface area contributed by atoms with E-state index in [-0.39, 0.29) is 12.5 Å². The topological polar surface area (TPSA) is 59.8 Å². The fourth-order valence-electron chi connectivity index (χ4n) is 2.72. The Labute approximate surface area is 145 Å². The van der Waals surface area contributed by atoms with Crippen LogP contribution in [0.2, 0.25) is 0 Å². The van der Waals surface area contributed by atoms with Crippen molar-refractivity contribution in [2.75, 3.05) is 5.32 Å². The number of hydrogen-bond donors (Lipinski definition) is 1. The largest absolute Gasteiger partial charge is 0.339 e. The van der Waals surface area contributed by atoms with Crippen molar-refractivity contribution in [2.24, 2.45) is 0 Å². The maximum absolute atomic E-state index is 12.4. The van der Waals surface area contributed by atoms with E-state index >= 15 is 0 Å². The van der Waals surface area contributed by atoms with E-state index < -0.39 is 0 Å². The monoisotopic (exact) mass is 340 g/mol. The summed E-state index contributed by atoms with van der Waals surface area (Å²) in [5.74, 6) is 0.528. The number of rotatable bonds is 4. The van der Waals surface area contributed by atoms with E-state index in [4.69, 9.17) is 0 Å². The van der Waals surface area contributed by atoms with Crippen molar-refractivity contribution in [3.63, 3.8) is 0 Å². The minimum Gasteiger partial charge on any atom is -0.339 e. The zero-order valence-corrected chi connectivity index (χ0v) is 15.1. The molecule has 6 heteroatoms. The second-order valence-corrected chi connectivity index (χ2v) is 6.90. The standard InChI is InChI=1S/C18H20N4OS/c1-11-6-5-7-19-18(11)21-17(23)9-22-12(2)8-15(13(22)3)16-10-24-14(4)20-16/h5-8,10H,9H2,1-4H3,(H,19,21,23). The quantitative estimate of drug-likeness (QED) is 0.784. The summed E-state index contributed by atoms with van der Waals surface area (Å²) in [5, 5.41) is 5.98. The number of anilines is 1. The first-order chi connectivity index (χ1) is 11.5. The molecule has 0 aliphatic carbocycles. The second-order valence-electron chi connectivity index (χ2n) is 5.84. The molecule has 0 aliphatic heterocycles. The summed E-state index contributed by atoms with van der Waals surface area (Å²) in [7, 11) is 0. The molecule has 0 bridgehead atoms. The predicted molar refractivity (Wildman–Crippen MR) is 97.4 cm³/mol. The van der Waals surface area contributed by atoms with Crippen LogP contribution in [0.3, 0.4) is 0 Å². The van der Waals surface area contributed by atoms with Crippen molar-refractivity contribution in [3.05, 3.63) is 51.7 Å². The summed E-state index contributed by atoms with van der Waals surface area (Å²) in [6, 6.07) is 5.87. The minimum absolute atomic E-state index is 0.0837. The van der Waals surface area contributed by atoms with Crippen LogP contribution in [-0.2, 0) is 11.3 Å². The number of aromatic nitrogens is 3. The first kappa shape index (κ1) is 16.4. The Morgan fingerprint density at radius 3 is 2.75 bits per heavy atom. The Balaban J connectivity index is 1.82. The number of aryl methyl sites for hydroxylation is 3. The van der Waals surface area contributed by atoms with E-state index in [9.17, 15) is 4.79 Å². The molecule has 0 spiro atoms. The SMILES string of the molecule is Cc1nc(-c2cc(C)n(CC(=O)Nc3ncccc3C)c2C)cs1. The van der Waals surface area contributed by atoms with Crippen molar-refractivity contribution in [1.82, 2.24) is 14.5 Å². The van der Waals surface area contributed by atoms with Gasteiger partial charge in [-0.15, -0.1) is 11.3 Å². The number of thiazole rings is 1.